The topological polar surface area (TPSA) is 87.9 Å². The minimum Gasteiger partial charge on any atom is -0.349 e. The van der Waals surface area contributed by atoms with Crippen molar-refractivity contribution in [1.29, 1.82) is 0 Å². The Morgan fingerprint density at radius 1 is 0.132 bits per heavy atom. The lowest BCUT2D eigenvalue weighted by Crippen LogP contribution is -2.25. The van der Waals surface area contributed by atoms with Crippen molar-refractivity contribution in [2.75, 3.05) is 0 Å². The molecular formula is C66H4F42N6. The molecule has 6 aromatic carbocycles. The van der Waals surface area contributed by atoms with E-state index in [2.05, 4.69) is 9.98 Å². The smallest absolute Gasteiger partial charge is 0.200 e. The van der Waals surface area contributed by atoms with Crippen molar-refractivity contribution >= 4 is 44.9 Å². The second kappa shape index (κ2) is 27.0. The first kappa shape index (κ1) is 79.4. The minimum absolute atomic E-state index is 0.770. The van der Waals surface area contributed by atoms with Crippen molar-refractivity contribution in [3.8, 4) is 0 Å². The first-order valence-electron chi connectivity index (χ1n) is 28.8. The van der Waals surface area contributed by atoms with Gasteiger partial charge in [0.15, 0.2) is 209 Å². The zero-order valence-electron chi connectivity index (χ0n) is 51.8. The van der Waals surface area contributed by atoms with E-state index in [0.717, 1.165) is 19.9 Å². The predicted octanol–water partition coefficient (Wildman–Crippen LogP) is 17.6. The van der Waals surface area contributed by atoms with Gasteiger partial charge in [0, 0.05) is 33.4 Å². The number of fused-ring (bicyclic) bond motifs is 10. The molecule has 12 bridgehead atoms. The summed E-state index contributed by atoms with van der Waals surface area (Å²) in [4.78, 5) is 8.48. The maximum Gasteiger partial charge on any atom is 0.200 e. The molecule has 4 N–H and O–H groups in total. The monoisotopic (exact) mass is 1680 g/mol. The van der Waals surface area contributed by atoms with Gasteiger partial charge in [-0.3, -0.25) is 0 Å². The molecule has 10 aromatic rings. The van der Waals surface area contributed by atoms with Crippen LogP contribution in [0.5, 0.6) is 0 Å². The number of hydrogen-bond donors (Lipinski definition) is 4. The Labute approximate surface area is 591 Å². The number of halogens is 42. The summed E-state index contributed by atoms with van der Waals surface area (Å²) >= 11 is 0. The number of allylic oxidation sites excluding steroid dienone is 4. The summed E-state index contributed by atoms with van der Waals surface area (Å²) < 4.78 is 683. The largest absolute Gasteiger partial charge is 0.349 e. The Bertz CT molecular complexity index is 6160. The number of hydrogen-bond acceptors (Lipinski definition) is 2. The maximum absolute atomic E-state index is 17.5. The van der Waals surface area contributed by atoms with Gasteiger partial charge < -0.3 is 19.9 Å². The van der Waals surface area contributed by atoms with Gasteiger partial charge in [-0.1, -0.05) is 0 Å². The predicted molar refractivity (Wildman–Crippen MR) is 292 cm³/mol. The van der Waals surface area contributed by atoms with Gasteiger partial charge in [-0.25, -0.2) is 194 Å². The van der Waals surface area contributed by atoms with E-state index >= 15 is 158 Å². The number of rotatable bonds is 6. The standard InChI is InChI=1S/C66H4F42N6/c67-13-1(14(68)26(80)37(91)25(13)79)7-55-43(97)45(99)57(109-55)8(2-15(69)27(81)38(92)28(82)16(2)70)59-47(101)49(103)61(111-59)10(4-19(73)31(85)40(94)32(86)20(4)74)63-51(105)53(107)65(113-63)12(6-23(77)35(89)42(96)36(90)24(6)78)66-54(108)52(106)64(114-66)11(5-21(75)33(87)41(95)34(88)22(5)76)62-50(104)48(102)60(112-62)9(58-46(100)44(98)56(7)110-58)3-17(71)29(83)39(93)30(84)18(3)72/h109-110,113-114H. The Kier molecular flexibility index (Phi) is 18.8. The number of nitrogens with zero attached hydrogens (tertiary/aromatic N) is 2. The van der Waals surface area contributed by atoms with Crippen molar-refractivity contribution in [2.45, 2.75) is 0 Å². The number of aromatic amines is 4. The zero-order chi connectivity index (χ0) is 84.3. The highest BCUT2D eigenvalue weighted by molar-refractivity contribution is 6.33. The van der Waals surface area contributed by atoms with E-state index in [4.69, 9.17) is 0 Å². The summed E-state index contributed by atoms with van der Waals surface area (Å²) in [6.07, 6.45) is 0. The van der Waals surface area contributed by atoms with Gasteiger partial charge in [0.1, 0.15) is 22.8 Å². The van der Waals surface area contributed by atoms with Crippen LogP contribution in [0.2, 0.25) is 0 Å². The molecule has 7 heterocycles. The maximum atomic E-state index is 17.5. The molecule has 592 valence electrons. The molecule has 0 unspecified atom stereocenters. The third-order valence-electron chi connectivity index (χ3n) is 16.9. The number of aliphatic imine (C=N–C) groups is 2. The van der Waals surface area contributed by atoms with Crippen molar-refractivity contribution in [1.82, 2.24) is 19.9 Å². The molecule has 0 aliphatic carbocycles. The second-order valence-corrected chi connectivity index (χ2v) is 22.8. The van der Waals surface area contributed by atoms with Crippen molar-refractivity contribution < 1.29 is 184 Å². The summed E-state index contributed by atoms with van der Waals surface area (Å²) in [5.41, 5.74) is -64.9. The average Bonchev–Trinajstić information content (AvgIpc) is 1.56. The Hall–Kier alpha value is -12.7. The molecule has 0 saturated heterocycles. The Morgan fingerprint density at radius 3 is 0.474 bits per heavy atom. The molecule has 0 saturated carbocycles. The van der Waals surface area contributed by atoms with E-state index in [0.29, 0.717) is 0 Å². The van der Waals surface area contributed by atoms with Crippen LogP contribution in [-0.4, -0.2) is 31.4 Å². The molecule has 0 radical (unpaired) electrons. The van der Waals surface area contributed by atoms with Crippen LogP contribution >= 0.6 is 0 Å². The van der Waals surface area contributed by atoms with E-state index < -0.39 is 378 Å². The highest BCUT2D eigenvalue weighted by Crippen LogP contribution is 2.49. The molecule has 4 aromatic heterocycles. The molecule has 6 nitrogen and oxygen atoms in total. The average molecular weight is 1680 g/mol. The Balaban J connectivity index is 1.41. The summed E-state index contributed by atoms with van der Waals surface area (Å²) in [6, 6.07) is 0. The van der Waals surface area contributed by atoms with Crippen LogP contribution in [0.1, 0.15) is 56.2 Å². The summed E-state index contributed by atoms with van der Waals surface area (Å²) in [5.74, 6) is -152. The van der Waals surface area contributed by atoms with E-state index in [1.54, 1.807) is 0 Å². The highest BCUT2D eigenvalue weighted by atomic mass is 19.2. The van der Waals surface area contributed by atoms with Gasteiger partial charge in [-0.15, -0.1) is 0 Å². The molecule has 48 heteroatoms. The molecule has 0 fully saturated rings. The third kappa shape index (κ3) is 10.7. The van der Waals surface area contributed by atoms with Gasteiger partial charge in [-0.05, 0) is 0 Å². The van der Waals surface area contributed by atoms with Crippen LogP contribution < -0.4 is 21.4 Å². The van der Waals surface area contributed by atoms with Crippen molar-refractivity contribution in [2.24, 2.45) is 9.98 Å². The number of nitrogens with one attached hydrogen (secondary N) is 4. The molecule has 0 spiro atoms. The molecule has 114 heavy (non-hydrogen) atoms. The second-order valence-electron chi connectivity index (χ2n) is 22.8. The van der Waals surface area contributed by atoms with Crippen LogP contribution in [0.25, 0.3) is 33.4 Å². The van der Waals surface area contributed by atoms with Crippen LogP contribution in [0, 0.1) is 221 Å². The zero-order valence-corrected chi connectivity index (χ0v) is 51.8. The lowest BCUT2D eigenvalue weighted by atomic mass is 9.97. The third-order valence-corrected chi connectivity index (χ3v) is 16.9. The normalized spacial score (nSPS) is 14.3. The van der Waals surface area contributed by atoms with Gasteiger partial charge in [-0.2, -0.15) is 0 Å². The number of H-pyrrole nitrogens is 4. The first-order valence-corrected chi connectivity index (χ1v) is 28.8. The fraction of sp³-hybridized carbons (Fsp3) is 0. The van der Waals surface area contributed by atoms with E-state index in [1.165, 1.54) is 0 Å². The molecule has 13 rings (SSSR count). The molecule has 3 aliphatic heterocycles. The van der Waals surface area contributed by atoms with Gasteiger partial charge in [0.2, 0.25) is 34.9 Å². The fourth-order valence-electron chi connectivity index (χ4n) is 11.8. The van der Waals surface area contributed by atoms with E-state index in [9.17, 15) is 26.3 Å². The number of benzene rings is 6. The van der Waals surface area contributed by atoms with E-state index in [1.807, 2.05) is 0 Å². The summed E-state index contributed by atoms with van der Waals surface area (Å²) in [5, 5.41) is -12.5. The molecule has 0 amide bonds. The van der Waals surface area contributed by atoms with Crippen molar-refractivity contribution in [3.05, 3.63) is 333 Å². The first-order chi connectivity index (χ1) is 53.1. The quantitative estimate of drug-likeness (QED) is 0.0726. The van der Waals surface area contributed by atoms with E-state index in [-0.39, 0.29) is 0 Å². The summed E-state index contributed by atoms with van der Waals surface area (Å²) in [6.45, 7) is 0. The Morgan fingerprint density at radius 2 is 0.281 bits per heavy atom. The lowest BCUT2D eigenvalue weighted by molar-refractivity contribution is 0.376. The minimum atomic E-state index is -3.68. The summed E-state index contributed by atoms with van der Waals surface area (Å²) in [7, 11) is 0. The van der Waals surface area contributed by atoms with Crippen molar-refractivity contribution in [3.63, 3.8) is 0 Å². The molecular weight excluding hydrogens is 1670 g/mol. The van der Waals surface area contributed by atoms with Crippen LogP contribution in [-0.2, 0) is 0 Å². The molecule has 0 atom stereocenters. The molecule has 3 aliphatic rings. The van der Waals surface area contributed by atoms with Crippen LogP contribution in [0.4, 0.5) is 184 Å². The fourth-order valence-corrected chi connectivity index (χ4v) is 11.8. The highest BCUT2D eigenvalue weighted by Gasteiger charge is 2.47. The van der Waals surface area contributed by atoms with Gasteiger partial charge in [0.25, 0.3) is 0 Å². The lowest BCUT2D eigenvalue weighted by Gasteiger charge is -2.14. The van der Waals surface area contributed by atoms with Gasteiger partial charge in [0.05, 0.1) is 77.6 Å². The van der Waals surface area contributed by atoms with Crippen LogP contribution in [0.15, 0.2) is 44.7 Å². The van der Waals surface area contributed by atoms with Gasteiger partial charge >= 0.3 is 0 Å². The van der Waals surface area contributed by atoms with Crippen LogP contribution in [0.3, 0.4) is 0 Å². The SMILES string of the molecule is FC1=C(F)C2=C(c3c(F)c(F)c(F)c(F)c3F)c3[nH]c(c(F)c3F)C(c3c(F)c(F)c(F)c(F)c3F)=c3[nH]c(c(F)c3F)=C(c3c(F)c(F)c(F)c(F)c3F)C3=NC(=C(c4c(F)c(F)c(F)c(F)c4F)c4[nH]c(c(F)c4F)C(c4c(F)c(F)c(F)c(F)c4F)=c4[nH]c(c(F)c4F)=C(c4c(F)c(F)c(F)c(F)c4F)C1=N2)C(F)=C3F. The number of aromatic nitrogens is 4.